The van der Waals surface area contributed by atoms with Crippen molar-refractivity contribution in [3.8, 4) is 0 Å². The highest BCUT2D eigenvalue weighted by atomic mass is 32.2. The summed E-state index contributed by atoms with van der Waals surface area (Å²) in [5.74, 6) is -0.227. The number of hydrogen-bond donors (Lipinski definition) is 2. The number of nitrogens with two attached hydrogens (primary N) is 1. The Morgan fingerprint density at radius 1 is 1.45 bits per heavy atom. The number of nitrogens with one attached hydrogen (secondary N) is 1. The van der Waals surface area contributed by atoms with Gasteiger partial charge in [0.05, 0.1) is 11.9 Å². The van der Waals surface area contributed by atoms with Gasteiger partial charge >= 0.3 is 0 Å². The van der Waals surface area contributed by atoms with Gasteiger partial charge < -0.3 is 15.8 Å². The minimum atomic E-state index is -0.390. The van der Waals surface area contributed by atoms with Gasteiger partial charge in [-0.3, -0.25) is 4.79 Å². The van der Waals surface area contributed by atoms with Crippen LogP contribution >= 0.6 is 11.8 Å². The molecule has 0 radical (unpaired) electrons. The monoisotopic (exact) mass is 300 g/mol. The lowest BCUT2D eigenvalue weighted by Crippen LogP contribution is -2.27. The van der Waals surface area contributed by atoms with Crippen LogP contribution < -0.4 is 11.1 Å². The molecule has 112 valence electrons. The third-order valence-electron chi connectivity index (χ3n) is 2.36. The fraction of sp³-hybridized carbons (Fsp3) is 0.500. The zero-order chi connectivity index (χ0) is 15.0. The van der Waals surface area contributed by atoms with E-state index in [9.17, 15) is 9.18 Å². The summed E-state index contributed by atoms with van der Waals surface area (Å²) in [6.07, 6.45) is 0.987. The number of nitrogen functional groups attached to an aromatic ring is 1. The van der Waals surface area contributed by atoms with Gasteiger partial charge in [0.25, 0.3) is 0 Å². The van der Waals surface area contributed by atoms with Gasteiger partial charge in [0.15, 0.2) is 0 Å². The number of rotatable bonds is 8. The molecule has 0 unspecified atom stereocenters. The Bertz CT molecular complexity index is 421. The van der Waals surface area contributed by atoms with E-state index in [4.69, 9.17) is 10.5 Å². The molecular weight excluding hydrogens is 279 g/mol. The highest BCUT2D eigenvalue weighted by Gasteiger charge is 2.04. The second kappa shape index (κ2) is 8.81. The van der Waals surface area contributed by atoms with Gasteiger partial charge in [-0.05, 0) is 38.5 Å². The predicted octanol–water partition coefficient (Wildman–Crippen LogP) is 2.43. The van der Waals surface area contributed by atoms with E-state index in [-0.39, 0.29) is 17.8 Å². The van der Waals surface area contributed by atoms with Gasteiger partial charge in [0.1, 0.15) is 5.82 Å². The summed E-state index contributed by atoms with van der Waals surface area (Å²) in [6.45, 7) is 5.16. The summed E-state index contributed by atoms with van der Waals surface area (Å²) in [5, 5.41) is 2.79. The fourth-order valence-corrected chi connectivity index (χ4v) is 2.30. The zero-order valence-corrected chi connectivity index (χ0v) is 12.6. The Hall–Kier alpha value is -1.27. The number of carbonyl (C=O) groups is 1. The molecule has 0 fully saturated rings. The summed E-state index contributed by atoms with van der Waals surface area (Å²) < 4.78 is 18.5. The van der Waals surface area contributed by atoms with Crippen molar-refractivity contribution in [1.82, 2.24) is 5.32 Å². The molecule has 0 aliphatic heterocycles. The zero-order valence-electron chi connectivity index (χ0n) is 11.8. The smallest absolute Gasteiger partial charge is 0.230 e. The van der Waals surface area contributed by atoms with E-state index in [1.807, 2.05) is 13.8 Å². The van der Waals surface area contributed by atoms with Gasteiger partial charge in [-0.2, -0.15) is 0 Å². The van der Waals surface area contributed by atoms with Crippen LogP contribution in [0.5, 0.6) is 0 Å². The number of amides is 1. The van der Waals surface area contributed by atoms with E-state index < -0.39 is 5.82 Å². The van der Waals surface area contributed by atoms with E-state index >= 15 is 0 Å². The molecule has 1 aromatic rings. The van der Waals surface area contributed by atoms with Crippen molar-refractivity contribution in [1.29, 1.82) is 0 Å². The second-order valence-corrected chi connectivity index (χ2v) is 5.68. The lowest BCUT2D eigenvalue weighted by Gasteiger charge is -2.08. The first-order valence-corrected chi connectivity index (χ1v) is 7.53. The Kier molecular flexibility index (Phi) is 7.40. The van der Waals surface area contributed by atoms with E-state index in [2.05, 4.69) is 5.32 Å². The number of halogens is 1. The molecule has 0 heterocycles. The molecule has 1 rings (SSSR count). The molecule has 0 saturated carbocycles. The van der Waals surface area contributed by atoms with E-state index in [0.29, 0.717) is 23.7 Å². The number of benzene rings is 1. The predicted molar refractivity (Wildman–Crippen MR) is 80.3 cm³/mol. The first-order chi connectivity index (χ1) is 9.47. The van der Waals surface area contributed by atoms with Crippen LogP contribution in [0, 0.1) is 5.82 Å². The molecule has 0 bridgehead atoms. The summed E-state index contributed by atoms with van der Waals surface area (Å²) >= 11 is 1.26. The highest BCUT2D eigenvalue weighted by Crippen LogP contribution is 2.21. The fourth-order valence-electron chi connectivity index (χ4n) is 1.49. The van der Waals surface area contributed by atoms with Crippen molar-refractivity contribution in [2.45, 2.75) is 31.3 Å². The van der Waals surface area contributed by atoms with Crippen LogP contribution in [0.3, 0.4) is 0 Å². The Balaban J connectivity index is 2.19. The molecule has 6 heteroatoms. The standard InChI is InChI=1S/C14H21FN2O2S/c1-10(2)19-5-3-4-17-14(18)9-20-13-7-11(15)6-12(16)8-13/h6-8,10H,3-5,9,16H2,1-2H3,(H,17,18). The molecule has 0 atom stereocenters. The third-order valence-corrected chi connectivity index (χ3v) is 3.33. The topological polar surface area (TPSA) is 64.3 Å². The van der Waals surface area contributed by atoms with Gasteiger partial charge in [0, 0.05) is 23.7 Å². The minimum absolute atomic E-state index is 0.0811. The van der Waals surface area contributed by atoms with Crippen LogP contribution in [0.25, 0.3) is 0 Å². The van der Waals surface area contributed by atoms with Crippen molar-refractivity contribution in [3.05, 3.63) is 24.0 Å². The van der Waals surface area contributed by atoms with Crippen LogP contribution in [0.15, 0.2) is 23.1 Å². The Morgan fingerprint density at radius 3 is 2.85 bits per heavy atom. The average Bonchev–Trinajstić information content (AvgIpc) is 2.34. The maximum Gasteiger partial charge on any atom is 0.230 e. The molecule has 0 aliphatic rings. The van der Waals surface area contributed by atoms with E-state index in [1.54, 1.807) is 6.07 Å². The molecule has 1 aromatic carbocycles. The van der Waals surface area contributed by atoms with Crippen molar-refractivity contribution in [3.63, 3.8) is 0 Å². The van der Waals surface area contributed by atoms with Crippen LogP contribution in [0.4, 0.5) is 10.1 Å². The summed E-state index contributed by atoms with van der Waals surface area (Å²) in [5.41, 5.74) is 5.90. The first kappa shape index (κ1) is 16.8. The summed E-state index contributed by atoms with van der Waals surface area (Å²) in [7, 11) is 0. The maximum atomic E-state index is 13.1. The normalized spacial score (nSPS) is 10.8. The molecular formula is C14H21FN2O2S. The number of carbonyl (C=O) groups excluding carboxylic acids is 1. The number of ether oxygens (including phenoxy) is 1. The van der Waals surface area contributed by atoms with Crippen LogP contribution in [-0.2, 0) is 9.53 Å². The molecule has 0 aromatic heterocycles. The summed E-state index contributed by atoms with van der Waals surface area (Å²) in [6, 6.07) is 4.27. The van der Waals surface area contributed by atoms with Gasteiger partial charge in [-0.15, -0.1) is 11.8 Å². The van der Waals surface area contributed by atoms with Crippen molar-refractivity contribution in [2.75, 3.05) is 24.6 Å². The van der Waals surface area contributed by atoms with Crippen LogP contribution in [-0.4, -0.2) is 30.9 Å². The Morgan fingerprint density at radius 2 is 2.20 bits per heavy atom. The number of anilines is 1. The number of hydrogen-bond acceptors (Lipinski definition) is 4. The SMILES string of the molecule is CC(C)OCCCNC(=O)CSc1cc(N)cc(F)c1. The molecule has 3 N–H and O–H groups in total. The first-order valence-electron chi connectivity index (χ1n) is 6.54. The molecule has 0 aliphatic carbocycles. The second-order valence-electron chi connectivity index (χ2n) is 4.63. The van der Waals surface area contributed by atoms with Gasteiger partial charge in [0.2, 0.25) is 5.91 Å². The minimum Gasteiger partial charge on any atom is -0.399 e. The summed E-state index contributed by atoms with van der Waals surface area (Å²) in [4.78, 5) is 12.2. The molecule has 20 heavy (non-hydrogen) atoms. The van der Waals surface area contributed by atoms with Gasteiger partial charge in [-0.1, -0.05) is 0 Å². The Labute approximate surface area is 123 Å². The van der Waals surface area contributed by atoms with Crippen molar-refractivity contribution in [2.24, 2.45) is 0 Å². The van der Waals surface area contributed by atoms with Crippen molar-refractivity contribution >= 4 is 23.4 Å². The molecule has 4 nitrogen and oxygen atoms in total. The highest BCUT2D eigenvalue weighted by molar-refractivity contribution is 8.00. The molecule has 1 amide bonds. The average molecular weight is 300 g/mol. The maximum absolute atomic E-state index is 13.1. The van der Waals surface area contributed by atoms with Crippen LogP contribution in [0.1, 0.15) is 20.3 Å². The third kappa shape index (κ3) is 7.35. The molecule has 0 spiro atoms. The van der Waals surface area contributed by atoms with Gasteiger partial charge in [-0.25, -0.2) is 4.39 Å². The van der Waals surface area contributed by atoms with Crippen molar-refractivity contribution < 1.29 is 13.9 Å². The largest absolute Gasteiger partial charge is 0.399 e. The quantitative estimate of drug-likeness (QED) is 0.440. The van der Waals surface area contributed by atoms with Crippen LogP contribution in [0.2, 0.25) is 0 Å². The lowest BCUT2D eigenvalue weighted by atomic mass is 10.3. The molecule has 0 saturated heterocycles. The number of thioether (sulfide) groups is 1. The van der Waals surface area contributed by atoms with E-state index in [0.717, 1.165) is 6.42 Å². The van der Waals surface area contributed by atoms with E-state index in [1.165, 1.54) is 23.9 Å². The lowest BCUT2D eigenvalue weighted by molar-refractivity contribution is -0.118.